The Labute approximate surface area is 197 Å². The number of benzene rings is 1. The minimum Gasteiger partial charge on any atom is -0.502 e. The predicted molar refractivity (Wildman–Crippen MR) is 131 cm³/mol. The standard InChI is InChI=1S/C22H36N4O3.HI/c1-4-23-22(24-13-17-11-19(28-2)21(27)20(12-17)29-3)25-18-9-10-26(15-18)14-16-7-5-6-8-16;/h11-12,16,18,27H,4-10,13-15H2,1-3H3,(H2,23,24,25);1H. The molecule has 8 heteroatoms. The smallest absolute Gasteiger partial charge is 0.200 e. The molecule has 0 bridgehead atoms. The minimum atomic E-state index is 0. The first-order valence-corrected chi connectivity index (χ1v) is 10.8. The summed E-state index contributed by atoms with van der Waals surface area (Å²) in [4.78, 5) is 7.34. The summed E-state index contributed by atoms with van der Waals surface area (Å²) in [7, 11) is 3.06. The number of aromatic hydroxyl groups is 1. The van der Waals surface area contributed by atoms with Crippen LogP contribution in [0.15, 0.2) is 17.1 Å². The molecule has 1 saturated heterocycles. The Balaban J connectivity index is 0.00000320. The fourth-order valence-corrected chi connectivity index (χ4v) is 4.40. The molecule has 3 N–H and O–H groups in total. The Morgan fingerprint density at radius 2 is 1.83 bits per heavy atom. The summed E-state index contributed by atoms with van der Waals surface area (Å²) < 4.78 is 10.5. The monoisotopic (exact) mass is 532 g/mol. The predicted octanol–water partition coefficient (Wildman–Crippen LogP) is 3.35. The van der Waals surface area contributed by atoms with E-state index < -0.39 is 0 Å². The lowest BCUT2D eigenvalue weighted by Gasteiger charge is -2.21. The van der Waals surface area contributed by atoms with E-state index >= 15 is 0 Å². The maximum absolute atomic E-state index is 10.1. The topological polar surface area (TPSA) is 78.4 Å². The molecule has 7 nitrogen and oxygen atoms in total. The van der Waals surface area contributed by atoms with Crippen LogP contribution in [0, 0.1) is 5.92 Å². The Kier molecular flexibility index (Phi) is 10.3. The van der Waals surface area contributed by atoms with Gasteiger partial charge in [0, 0.05) is 32.2 Å². The van der Waals surface area contributed by atoms with Gasteiger partial charge >= 0.3 is 0 Å². The van der Waals surface area contributed by atoms with Crippen LogP contribution in [0.25, 0.3) is 0 Å². The molecule has 0 spiro atoms. The number of halogens is 1. The van der Waals surface area contributed by atoms with Crippen LogP contribution < -0.4 is 20.1 Å². The van der Waals surface area contributed by atoms with Gasteiger partial charge in [0.1, 0.15) is 0 Å². The summed E-state index contributed by atoms with van der Waals surface area (Å²) in [5.41, 5.74) is 0.919. The number of ether oxygens (including phenoxy) is 2. The third kappa shape index (κ3) is 6.80. The van der Waals surface area contributed by atoms with E-state index in [2.05, 4.69) is 22.5 Å². The summed E-state index contributed by atoms with van der Waals surface area (Å²) in [6, 6.07) is 4.02. The van der Waals surface area contributed by atoms with Crippen molar-refractivity contribution in [1.82, 2.24) is 15.5 Å². The van der Waals surface area contributed by atoms with Crippen molar-refractivity contribution in [2.75, 3.05) is 40.4 Å². The maximum atomic E-state index is 10.1. The van der Waals surface area contributed by atoms with Crippen LogP contribution in [0.5, 0.6) is 17.2 Å². The number of aliphatic imine (C=N–C) groups is 1. The maximum Gasteiger partial charge on any atom is 0.200 e. The van der Waals surface area contributed by atoms with Gasteiger partial charge in [0.05, 0.1) is 20.8 Å². The van der Waals surface area contributed by atoms with Crippen molar-refractivity contribution in [3.63, 3.8) is 0 Å². The zero-order chi connectivity index (χ0) is 20.6. The van der Waals surface area contributed by atoms with Gasteiger partial charge in [-0.15, -0.1) is 24.0 Å². The molecule has 3 rings (SSSR count). The molecule has 1 aromatic carbocycles. The lowest BCUT2D eigenvalue weighted by Crippen LogP contribution is -2.44. The lowest BCUT2D eigenvalue weighted by molar-refractivity contribution is 0.275. The van der Waals surface area contributed by atoms with Crippen LogP contribution in [0.2, 0.25) is 0 Å². The highest BCUT2D eigenvalue weighted by atomic mass is 127. The molecule has 30 heavy (non-hydrogen) atoms. The third-order valence-electron chi connectivity index (χ3n) is 5.91. The fourth-order valence-electron chi connectivity index (χ4n) is 4.40. The highest BCUT2D eigenvalue weighted by molar-refractivity contribution is 14.0. The second-order valence-corrected chi connectivity index (χ2v) is 8.08. The molecule has 170 valence electrons. The Morgan fingerprint density at radius 3 is 2.43 bits per heavy atom. The largest absolute Gasteiger partial charge is 0.502 e. The first kappa shape index (κ1) is 24.8. The van der Waals surface area contributed by atoms with Crippen LogP contribution in [-0.4, -0.2) is 62.4 Å². The second-order valence-electron chi connectivity index (χ2n) is 8.08. The number of phenolic OH excluding ortho intramolecular Hbond substituents is 1. The molecule has 1 aromatic rings. The number of methoxy groups -OCH3 is 2. The van der Waals surface area contributed by atoms with Gasteiger partial charge in [-0.25, -0.2) is 4.99 Å². The van der Waals surface area contributed by atoms with Crippen molar-refractivity contribution in [2.24, 2.45) is 10.9 Å². The van der Waals surface area contributed by atoms with Crippen molar-refractivity contribution in [3.8, 4) is 17.2 Å². The number of nitrogens with one attached hydrogen (secondary N) is 2. The molecule has 1 unspecified atom stereocenters. The molecule has 1 atom stereocenters. The van der Waals surface area contributed by atoms with E-state index in [0.29, 0.717) is 24.1 Å². The fraction of sp³-hybridized carbons (Fsp3) is 0.682. The number of likely N-dealkylation sites (tertiary alicyclic amines) is 1. The minimum absolute atomic E-state index is 0. The first-order chi connectivity index (χ1) is 14.1. The van der Waals surface area contributed by atoms with Crippen molar-refractivity contribution in [3.05, 3.63) is 17.7 Å². The van der Waals surface area contributed by atoms with Crippen molar-refractivity contribution < 1.29 is 14.6 Å². The van der Waals surface area contributed by atoms with Gasteiger partial charge in [0.15, 0.2) is 17.5 Å². The number of hydrogen-bond acceptors (Lipinski definition) is 5. The lowest BCUT2D eigenvalue weighted by atomic mass is 10.1. The zero-order valence-corrected chi connectivity index (χ0v) is 20.8. The van der Waals surface area contributed by atoms with Gasteiger partial charge in [0.25, 0.3) is 0 Å². The first-order valence-electron chi connectivity index (χ1n) is 10.8. The molecule has 1 heterocycles. The molecule has 1 aliphatic heterocycles. The summed E-state index contributed by atoms with van der Waals surface area (Å²) in [5.74, 6) is 2.53. The number of nitrogens with zero attached hydrogens (tertiary/aromatic N) is 2. The molecular formula is C22H37IN4O3. The Morgan fingerprint density at radius 1 is 1.17 bits per heavy atom. The molecule has 0 aromatic heterocycles. The molecule has 0 radical (unpaired) electrons. The van der Waals surface area contributed by atoms with Gasteiger partial charge in [0.2, 0.25) is 5.75 Å². The molecule has 1 aliphatic carbocycles. The normalized spacial score (nSPS) is 20.1. The number of hydrogen-bond donors (Lipinski definition) is 3. The molecule has 1 saturated carbocycles. The van der Waals surface area contributed by atoms with Crippen molar-refractivity contribution in [1.29, 1.82) is 0 Å². The molecule has 0 amide bonds. The Hall–Kier alpha value is -1.42. The van der Waals surface area contributed by atoms with E-state index in [1.165, 1.54) is 53.0 Å². The zero-order valence-electron chi connectivity index (χ0n) is 18.4. The SMILES string of the molecule is CCNC(=NCc1cc(OC)c(O)c(OC)c1)NC1CCN(CC2CCCC2)C1.I. The average Bonchev–Trinajstić information content (AvgIpc) is 3.39. The summed E-state index contributed by atoms with van der Waals surface area (Å²) in [6.45, 7) is 6.86. The van der Waals surface area contributed by atoms with E-state index in [0.717, 1.165) is 37.0 Å². The van der Waals surface area contributed by atoms with Crippen LogP contribution in [0.1, 0.15) is 44.6 Å². The summed E-state index contributed by atoms with van der Waals surface area (Å²) in [6.07, 6.45) is 6.77. The van der Waals surface area contributed by atoms with Gasteiger partial charge < -0.3 is 30.1 Å². The van der Waals surface area contributed by atoms with E-state index in [4.69, 9.17) is 14.5 Å². The van der Waals surface area contributed by atoms with E-state index in [9.17, 15) is 5.11 Å². The van der Waals surface area contributed by atoms with Gasteiger partial charge in [-0.3, -0.25) is 0 Å². The average molecular weight is 532 g/mol. The third-order valence-corrected chi connectivity index (χ3v) is 5.91. The molecule has 2 aliphatic rings. The quantitative estimate of drug-likeness (QED) is 0.271. The highest BCUT2D eigenvalue weighted by Crippen LogP contribution is 2.37. The van der Waals surface area contributed by atoms with Gasteiger partial charge in [-0.2, -0.15) is 0 Å². The van der Waals surface area contributed by atoms with Crippen LogP contribution >= 0.6 is 24.0 Å². The molecule has 2 fully saturated rings. The Bertz CT molecular complexity index is 670. The van der Waals surface area contributed by atoms with E-state index in [1.807, 2.05) is 0 Å². The number of phenols is 1. The van der Waals surface area contributed by atoms with E-state index in [-0.39, 0.29) is 29.7 Å². The number of guanidine groups is 1. The van der Waals surface area contributed by atoms with E-state index in [1.54, 1.807) is 12.1 Å². The number of rotatable bonds is 8. The van der Waals surface area contributed by atoms with Crippen molar-refractivity contribution >= 4 is 29.9 Å². The molecular weight excluding hydrogens is 495 g/mol. The van der Waals surface area contributed by atoms with Gasteiger partial charge in [-0.1, -0.05) is 12.8 Å². The summed E-state index contributed by atoms with van der Waals surface area (Å²) in [5, 5.41) is 17.0. The summed E-state index contributed by atoms with van der Waals surface area (Å²) >= 11 is 0. The van der Waals surface area contributed by atoms with Crippen LogP contribution in [0.3, 0.4) is 0 Å². The second kappa shape index (κ2) is 12.4. The van der Waals surface area contributed by atoms with Crippen molar-refractivity contribution in [2.45, 2.75) is 51.6 Å². The van der Waals surface area contributed by atoms with Crippen LogP contribution in [-0.2, 0) is 6.54 Å². The van der Waals surface area contributed by atoms with Gasteiger partial charge in [-0.05, 0) is 49.8 Å². The van der Waals surface area contributed by atoms with Crippen LogP contribution in [0.4, 0.5) is 0 Å². The highest BCUT2D eigenvalue weighted by Gasteiger charge is 2.26.